The van der Waals surface area contributed by atoms with Crippen LogP contribution in [0.15, 0.2) is 25.1 Å². The maximum absolute atomic E-state index is 5.57. The zero-order valence-corrected chi connectivity index (χ0v) is 9.52. The summed E-state index contributed by atoms with van der Waals surface area (Å²) >= 11 is 0. The third-order valence-electron chi connectivity index (χ3n) is 2.39. The Kier molecular flexibility index (Phi) is 2.93. The molecule has 0 bridgehead atoms. The van der Waals surface area contributed by atoms with Gasteiger partial charge in [0.1, 0.15) is 5.60 Å². The Hall–Kier alpha value is -0.920. The Morgan fingerprint density at radius 1 is 1.50 bits per heavy atom. The molecule has 0 aromatic carbocycles. The lowest BCUT2D eigenvalue weighted by molar-refractivity contribution is 0.0406. The largest absolute Gasteiger partial charge is 0.474 e. The summed E-state index contributed by atoms with van der Waals surface area (Å²) in [4.78, 5) is 0. The average Bonchev–Trinajstić information content (AvgIpc) is 2.78. The van der Waals surface area contributed by atoms with E-state index in [-0.39, 0.29) is 5.60 Å². The summed E-state index contributed by atoms with van der Waals surface area (Å²) in [6.07, 6.45) is 4.49. The van der Waals surface area contributed by atoms with Crippen molar-refractivity contribution in [2.45, 2.75) is 39.2 Å². The second kappa shape index (κ2) is 3.68. The Morgan fingerprint density at radius 3 is 2.43 bits per heavy atom. The van der Waals surface area contributed by atoms with Gasteiger partial charge in [0.15, 0.2) is 5.88 Å². The van der Waals surface area contributed by atoms with Crippen molar-refractivity contribution in [2.75, 3.05) is 6.54 Å². The van der Waals surface area contributed by atoms with E-state index in [0.717, 1.165) is 6.54 Å². The van der Waals surface area contributed by atoms with E-state index in [1.165, 1.54) is 12.8 Å². The second-order valence-corrected chi connectivity index (χ2v) is 5.06. The van der Waals surface area contributed by atoms with Gasteiger partial charge in [-0.1, -0.05) is 6.08 Å². The third kappa shape index (κ3) is 3.44. The molecule has 0 heterocycles. The van der Waals surface area contributed by atoms with Gasteiger partial charge in [-0.25, -0.2) is 0 Å². The molecular weight excluding hydrogens is 174 g/mol. The van der Waals surface area contributed by atoms with E-state index in [0.29, 0.717) is 11.3 Å². The summed E-state index contributed by atoms with van der Waals surface area (Å²) in [5.41, 5.74) is 0.138. The lowest BCUT2D eigenvalue weighted by atomic mass is 10.1. The number of hydrogen-bond acceptors (Lipinski definition) is 2. The molecule has 0 saturated heterocycles. The summed E-state index contributed by atoms with van der Waals surface area (Å²) in [5.74, 6) is 0.658. The molecular formula is C12H21NO. The van der Waals surface area contributed by atoms with Gasteiger partial charge >= 0.3 is 0 Å². The normalized spacial score (nSPS) is 18.5. The van der Waals surface area contributed by atoms with Crippen LogP contribution in [0.3, 0.4) is 0 Å². The fourth-order valence-electron chi connectivity index (χ4n) is 1.29. The summed E-state index contributed by atoms with van der Waals surface area (Å²) in [7, 11) is 0. The minimum absolute atomic E-state index is 0.172. The summed E-state index contributed by atoms with van der Waals surface area (Å²) in [6, 6.07) is 0. The van der Waals surface area contributed by atoms with Crippen LogP contribution < -0.4 is 5.32 Å². The topological polar surface area (TPSA) is 21.3 Å². The summed E-state index contributed by atoms with van der Waals surface area (Å²) in [5, 5.41) is 3.20. The SMILES string of the molecule is C=CC1(CNC(=C)OC(C)(C)C)CC1. The highest BCUT2D eigenvalue weighted by Gasteiger charge is 2.39. The van der Waals surface area contributed by atoms with Crippen LogP contribution in [0.5, 0.6) is 0 Å². The second-order valence-electron chi connectivity index (χ2n) is 5.06. The van der Waals surface area contributed by atoms with Crippen molar-refractivity contribution < 1.29 is 4.74 Å². The molecule has 1 aliphatic rings. The molecule has 1 fully saturated rings. The molecule has 14 heavy (non-hydrogen) atoms. The van der Waals surface area contributed by atoms with Crippen molar-refractivity contribution in [1.29, 1.82) is 0 Å². The van der Waals surface area contributed by atoms with E-state index in [1.54, 1.807) is 0 Å². The Labute approximate surface area is 87.0 Å². The van der Waals surface area contributed by atoms with Crippen molar-refractivity contribution in [2.24, 2.45) is 5.41 Å². The highest BCUT2D eigenvalue weighted by molar-refractivity contribution is 5.08. The van der Waals surface area contributed by atoms with Gasteiger partial charge in [0.25, 0.3) is 0 Å². The molecule has 80 valence electrons. The molecule has 0 unspecified atom stereocenters. The Bertz CT molecular complexity index is 233. The molecule has 0 aromatic heterocycles. The molecule has 1 rings (SSSR count). The fourth-order valence-corrected chi connectivity index (χ4v) is 1.29. The predicted molar refractivity (Wildman–Crippen MR) is 59.8 cm³/mol. The minimum Gasteiger partial charge on any atom is -0.474 e. The van der Waals surface area contributed by atoms with E-state index < -0.39 is 0 Å². The molecule has 0 spiro atoms. The molecule has 2 heteroatoms. The van der Waals surface area contributed by atoms with Crippen LogP contribution >= 0.6 is 0 Å². The van der Waals surface area contributed by atoms with Crippen LogP contribution in [0, 0.1) is 5.41 Å². The quantitative estimate of drug-likeness (QED) is 0.538. The monoisotopic (exact) mass is 195 g/mol. The number of hydrogen-bond donors (Lipinski definition) is 1. The first kappa shape index (κ1) is 11.2. The molecule has 1 saturated carbocycles. The maximum Gasteiger partial charge on any atom is 0.179 e. The summed E-state index contributed by atoms with van der Waals surface area (Å²) < 4.78 is 5.57. The first-order chi connectivity index (χ1) is 6.37. The van der Waals surface area contributed by atoms with Gasteiger partial charge in [0.2, 0.25) is 0 Å². The highest BCUT2D eigenvalue weighted by Crippen LogP contribution is 2.46. The van der Waals surface area contributed by atoms with Crippen LogP contribution in [0.4, 0.5) is 0 Å². The molecule has 0 aromatic rings. The van der Waals surface area contributed by atoms with Crippen LogP contribution in [-0.4, -0.2) is 12.1 Å². The zero-order valence-electron chi connectivity index (χ0n) is 9.52. The van der Waals surface area contributed by atoms with Gasteiger partial charge < -0.3 is 10.1 Å². The first-order valence-electron chi connectivity index (χ1n) is 5.12. The molecule has 1 N–H and O–H groups in total. The van der Waals surface area contributed by atoms with Crippen molar-refractivity contribution in [3.05, 3.63) is 25.1 Å². The van der Waals surface area contributed by atoms with Crippen molar-refractivity contribution >= 4 is 0 Å². The van der Waals surface area contributed by atoms with Crippen molar-refractivity contribution in [3.63, 3.8) is 0 Å². The maximum atomic E-state index is 5.57. The van der Waals surface area contributed by atoms with E-state index in [4.69, 9.17) is 4.74 Å². The first-order valence-corrected chi connectivity index (χ1v) is 5.12. The predicted octanol–water partition coefficient (Wildman–Crippen LogP) is 2.83. The lowest BCUT2D eigenvalue weighted by Crippen LogP contribution is -2.28. The third-order valence-corrected chi connectivity index (χ3v) is 2.39. The number of ether oxygens (including phenoxy) is 1. The van der Waals surface area contributed by atoms with Crippen LogP contribution in [0.2, 0.25) is 0 Å². The molecule has 2 nitrogen and oxygen atoms in total. The van der Waals surface area contributed by atoms with Crippen molar-refractivity contribution in [1.82, 2.24) is 5.32 Å². The van der Waals surface area contributed by atoms with Gasteiger partial charge in [-0.15, -0.1) is 6.58 Å². The van der Waals surface area contributed by atoms with Gasteiger partial charge in [0.05, 0.1) is 0 Å². The van der Waals surface area contributed by atoms with Gasteiger partial charge in [-0.2, -0.15) is 0 Å². The van der Waals surface area contributed by atoms with Crippen LogP contribution in [0.1, 0.15) is 33.6 Å². The van der Waals surface area contributed by atoms with Crippen molar-refractivity contribution in [3.8, 4) is 0 Å². The van der Waals surface area contributed by atoms with Crippen LogP contribution in [-0.2, 0) is 4.74 Å². The fraction of sp³-hybridized carbons (Fsp3) is 0.667. The molecule has 1 aliphatic carbocycles. The van der Waals surface area contributed by atoms with E-state index in [1.807, 2.05) is 26.8 Å². The highest BCUT2D eigenvalue weighted by atomic mass is 16.5. The Balaban J connectivity index is 2.25. The van der Waals surface area contributed by atoms with E-state index in [2.05, 4.69) is 18.5 Å². The lowest BCUT2D eigenvalue weighted by Gasteiger charge is -2.24. The summed E-state index contributed by atoms with van der Waals surface area (Å²) in [6.45, 7) is 14.6. The van der Waals surface area contributed by atoms with Gasteiger partial charge in [-0.05, 0) is 40.2 Å². The molecule has 0 atom stereocenters. The standard InChI is InChI=1S/C12H21NO/c1-6-12(7-8-12)9-13-10(2)14-11(3,4)5/h6,13H,1-2,7-9H2,3-5H3. The smallest absolute Gasteiger partial charge is 0.179 e. The van der Waals surface area contributed by atoms with Gasteiger partial charge in [0, 0.05) is 12.0 Å². The minimum atomic E-state index is -0.172. The molecule has 0 aliphatic heterocycles. The number of nitrogens with one attached hydrogen (secondary N) is 1. The van der Waals surface area contributed by atoms with E-state index in [9.17, 15) is 0 Å². The Morgan fingerprint density at radius 2 is 2.07 bits per heavy atom. The van der Waals surface area contributed by atoms with Gasteiger partial charge in [-0.3, -0.25) is 0 Å². The van der Waals surface area contributed by atoms with Crippen LogP contribution in [0.25, 0.3) is 0 Å². The number of rotatable bonds is 5. The van der Waals surface area contributed by atoms with E-state index >= 15 is 0 Å². The zero-order chi connectivity index (χ0) is 10.8. The average molecular weight is 195 g/mol. The molecule has 0 radical (unpaired) electrons. The molecule has 0 amide bonds.